The van der Waals surface area contributed by atoms with Gasteiger partial charge in [0.05, 0.1) is 17.2 Å². The maximum absolute atomic E-state index is 11.6. The molecule has 0 bridgehead atoms. The van der Waals surface area contributed by atoms with Crippen molar-refractivity contribution in [3.8, 4) is 5.75 Å². The van der Waals surface area contributed by atoms with E-state index in [2.05, 4.69) is 34.7 Å². The summed E-state index contributed by atoms with van der Waals surface area (Å²) in [6, 6.07) is 14.3. The van der Waals surface area contributed by atoms with Gasteiger partial charge in [-0.25, -0.2) is 4.79 Å². The van der Waals surface area contributed by atoms with E-state index in [0.29, 0.717) is 6.61 Å². The van der Waals surface area contributed by atoms with E-state index in [4.69, 9.17) is 13.8 Å². The van der Waals surface area contributed by atoms with Crippen molar-refractivity contribution < 1.29 is 18.6 Å². The van der Waals surface area contributed by atoms with E-state index in [0.717, 1.165) is 40.7 Å². The fourth-order valence-corrected chi connectivity index (χ4v) is 4.82. The van der Waals surface area contributed by atoms with Gasteiger partial charge < -0.3 is 13.8 Å². The number of hydrogen-bond donors (Lipinski definition) is 1. The highest BCUT2D eigenvalue weighted by molar-refractivity contribution is 7.94. The molecule has 1 N–H and O–H groups in total. The van der Waals surface area contributed by atoms with Crippen LogP contribution in [0.15, 0.2) is 52.5 Å². The zero-order valence-electron chi connectivity index (χ0n) is 19.3. The molecule has 1 saturated carbocycles. The number of cyclic esters (lactones) is 1. The molecule has 1 heterocycles. The van der Waals surface area contributed by atoms with E-state index in [1.807, 2.05) is 32.0 Å². The van der Waals surface area contributed by atoms with Gasteiger partial charge in [0.15, 0.2) is 0 Å². The van der Waals surface area contributed by atoms with E-state index in [9.17, 15) is 4.79 Å². The fourth-order valence-electron chi connectivity index (χ4n) is 4.39. The molecule has 0 atom stereocenters. The number of amides is 1. The van der Waals surface area contributed by atoms with Crippen LogP contribution in [0.3, 0.4) is 0 Å². The van der Waals surface area contributed by atoms with Gasteiger partial charge >= 0.3 is 6.09 Å². The summed E-state index contributed by atoms with van der Waals surface area (Å²) in [7, 11) is 0. The number of ether oxygens (including phenoxy) is 2. The lowest BCUT2D eigenvalue weighted by Gasteiger charge is -2.32. The van der Waals surface area contributed by atoms with Gasteiger partial charge in [-0.15, -0.1) is 0 Å². The highest BCUT2D eigenvalue weighted by Crippen LogP contribution is 2.37. The Morgan fingerprint density at radius 3 is 2.73 bits per heavy atom. The van der Waals surface area contributed by atoms with Crippen molar-refractivity contribution in [1.82, 2.24) is 0 Å². The average molecular weight is 469 g/mol. The van der Waals surface area contributed by atoms with Crippen LogP contribution in [0.4, 0.5) is 10.5 Å². The molecule has 1 amide bonds. The first-order valence-corrected chi connectivity index (χ1v) is 12.5. The summed E-state index contributed by atoms with van der Waals surface area (Å²) in [5, 5.41) is 6.75. The van der Waals surface area contributed by atoms with Crippen molar-refractivity contribution in [2.45, 2.75) is 75.2 Å². The van der Waals surface area contributed by atoms with Crippen LogP contribution in [-0.2, 0) is 14.6 Å². The maximum atomic E-state index is 11.6. The van der Waals surface area contributed by atoms with Crippen LogP contribution >= 0.6 is 12.0 Å². The largest absolute Gasteiger partial charge is 0.494 e. The van der Waals surface area contributed by atoms with Gasteiger partial charge in [-0.05, 0) is 81.3 Å². The molecule has 4 rings (SSSR count). The van der Waals surface area contributed by atoms with Crippen molar-refractivity contribution in [2.75, 3.05) is 11.9 Å². The van der Waals surface area contributed by atoms with E-state index in [-0.39, 0.29) is 0 Å². The Hall–Kier alpha value is -2.67. The first-order valence-electron chi connectivity index (χ1n) is 11.7. The summed E-state index contributed by atoms with van der Waals surface area (Å²) >= 11 is 1.28. The first-order chi connectivity index (χ1) is 16.0. The molecule has 176 valence electrons. The number of oxime groups is 1. The summed E-state index contributed by atoms with van der Waals surface area (Å²) in [6.45, 7) is 4.30. The molecule has 7 heteroatoms. The molecule has 0 spiro atoms. The van der Waals surface area contributed by atoms with Crippen LogP contribution in [0.1, 0.15) is 75.8 Å². The third-order valence-electron chi connectivity index (χ3n) is 6.18. The number of rotatable bonds is 9. The second-order valence-corrected chi connectivity index (χ2v) is 9.86. The molecule has 1 aliphatic heterocycles. The third-order valence-corrected chi connectivity index (χ3v) is 6.80. The molecule has 2 aromatic carbocycles. The molecule has 0 saturated heterocycles. The van der Waals surface area contributed by atoms with Crippen LogP contribution in [0.5, 0.6) is 5.75 Å². The van der Waals surface area contributed by atoms with Crippen LogP contribution in [0, 0.1) is 0 Å². The predicted octanol–water partition coefficient (Wildman–Crippen LogP) is 7.40. The summed E-state index contributed by atoms with van der Waals surface area (Å²) < 4.78 is 16.6. The molecule has 1 aliphatic carbocycles. The summed E-state index contributed by atoms with van der Waals surface area (Å²) in [4.78, 5) is 12.7. The zero-order valence-corrected chi connectivity index (χ0v) is 20.2. The minimum Gasteiger partial charge on any atom is -0.494 e. The number of anilines is 1. The summed E-state index contributed by atoms with van der Waals surface area (Å²) in [5.74, 6) is 1.47. The van der Waals surface area contributed by atoms with Crippen molar-refractivity contribution in [2.24, 2.45) is 5.16 Å². The Morgan fingerprint density at radius 1 is 1.15 bits per heavy atom. The second-order valence-electron chi connectivity index (χ2n) is 9.07. The molecule has 33 heavy (non-hydrogen) atoms. The number of unbranched alkanes of at least 4 members (excludes halogenated alkanes) is 1. The lowest BCUT2D eigenvalue weighted by Crippen LogP contribution is -2.34. The summed E-state index contributed by atoms with van der Waals surface area (Å²) in [6.07, 6.45) is 9.63. The van der Waals surface area contributed by atoms with Crippen molar-refractivity contribution in [3.05, 3.63) is 53.6 Å². The standard InChI is InChI=1S/C26H32N2O4S/c1-26(2)23-18-21(12-15-24(23)28-25(29)31-26)30-17-7-6-16-27-32-33-22-13-10-20(11-14-22)19-8-4-3-5-9-19/h10-16,18-19H,3-9,17H2,1-2H3,(H,28,29). The van der Waals surface area contributed by atoms with Crippen molar-refractivity contribution in [3.63, 3.8) is 0 Å². The lowest BCUT2D eigenvalue weighted by atomic mass is 9.84. The molecule has 2 aromatic rings. The number of hydrogen-bond acceptors (Lipinski definition) is 6. The predicted molar refractivity (Wildman–Crippen MR) is 132 cm³/mol. The second kappa shape index (κ2) is 11.0. The van der Waals surface area contributed by atoms with Crippen LogP contribution in [0.2, 0.25) is 0 Å². The Labute approximate surface area is 200 Å². The van der Waals surface area contributed by atoms with Gasteiger partial charge in [0.25, 0.3) is 0 Å². The quantitative estimate of drug-likeness (QED) is 0.180. The number of nitrogens with one attached hydrogen (secondary N) is 1. The highest BCUT2D eigenvalue weighted by atomic mass is 32.2. The van der Waals surface area contributed by atoms with Gasteiger partial charge in [0.1, 0.15) is 23.4 Å². The molecule has 0 aromatic heterocycles. The number of benzene rings is 2. The van der Waals surface area contributed by atoms with Crippen molar-refractivity contribution >= 4 is 30.0 Å². The number of carbonyl (C=O) groups is 1. The Kier molecular flexibility index (Phi) is 7.81. The number of fused-ring (bicyclic) bond motifs is 1. The third kappa shape index (κ3) is 6.44. The zero-order chi connectivity index (χ0) is 23.1. The number of nitrogens with zero attached hydrogens (tertiary/aromatic N) is 1. The summed E-state index contributed by atoms with van der Waals surface area (Å²) in [5.41, 5.74) is 2.42. The SMILES string of the molecule is CC1(C)OC(=O)Nc2ccc(OCCCC=NOSc3ccc(C4CCCCC4)cc3)cc21. The molecule has 0 radical (unpaired) electrons. The normalized spacial score (nSPS) is 17.8. The number of carbonyl (C=O) groups excluding carboxylic acids is 1. The van der Waals surface area contributed by atoms with Gasteiger partial charge in [0, 0.05) is 11.8 Å². The van der Waals surface area contributed by atoms with Crippen LogP contribution < -0.4 is 10.1 Å². The van der Waals surface area contributed by atoms with E-state index >= 15 is 0 Å². The van der Waals surface area contributed by atoms with E-state index < -0.39 is 11.7 Å². The van der Waals surface area contributed by atoms with Gasteiger partial charge in [-0.2, -0.15) is 0 Å². The Bertz CT molecular complexity index is 969. The molecule has 2 aliphatic rings. The lowest BCUT2D eigenvalue weighted by molar-refractivity contribution is 0.0418. The van der Waals surface area contributed by atoms with Crippen molar-refractivity contribution in [1.29, 1.82) is 0 Å². The molecular weight excluding hydrogens is 436 g/mol. The fraction of sp³-hybridized carbons (Fsp3) is 0.462. The minimum absolute atomic E-state index is 0.433. The van der Waals surface area contributed by atoms with E-state index in [1.54, 1.807) is 6.21 Å². The average Bonchev–Trinajstić information content (AvgIpc) is 2.81. The smallest absolute Gasteiger partial charge is 0.412 e. The van der Waals surface area contributed by atoms with Gasteiger partial charge in [-0.1, -0.05) is 36.6 Å². The van der Waals surface area contributed by atoms with Gasteiger partial charge in [0.2, 0.25) is 0 Å². The Morgan fingerprint density at radius 2 is 1.94 bits per heavy atom. The van der Waals surface area contributed by atoms with Gasteiger partial charge in [-0.3, -0.25) is 5.32 Å². The Balaban J connectivity index is 1.14. The minimum atomic E-state index is -0.686. The van der Waals surface area contributed by atoms with Crippen LogP contribution in [-0.4, -0.2) is 18.9 Å². The van der Waals surface area contributed by atoms with E-state index in [1.165, 1.54) is 49.7 Å². The van der Waals surface area contributed by atoms with Crippen LogP contribution in [0.25, 0.3) is 0 Å². The first kappa shape index (κ1) is 23.5. The molecule has 1 fully saturated rings. The molecule has 0 unspecified atom stereocenters. The topological polar surface area (TPSA) is 69.2 Å². The highest BCUT2D eigenvalue weighted by Gasteiger charge is 2.33. The monoisotopic (exact) mass is 468 g/mol. The maximum Gasteiger partial charge on any atom is 0.412 e. The molecular formula is C26H32N2O4S. The molecule has 6 nitrogen and oxygen atoms in total.